The van der Waals surface area contributed by atoms with E-state index in [9.17, 15) is 0 Å². The Balaban J connectivity index is 1.82. The predicted octanol–water partition coefficient (Wildman–Crippen LogP) is 3.37. The number of anilines is 1. The number of benzene rings is 1. The second-order valence-electron chi connectivity index (χ2n) is 5.64. The van der Waals surface area contributed by atoms with Gasteiger partial charge >= 0.3 is 0 Å². The van der Waals surface area contributed by atoms with E-state index in [-0.39, 0.29) is 0 Å². The average Bonchev–Trinajstić information content (AvgIpc) is 3.09. The fourth-order valence-corrected chi connectivity index (χ4v) is 2.58. The highest BCUT2D eigenvalue weighted by molar-refractivity contribution is 6.05. The second-order valence-corrected chi connectivity index (χ2v) is 5.64. The molecule has 0 fully saturated rings. The molecule has 0 radical (unpaired) electrons. The zero-order chi connectivity index (χ0) is 16.8. The molecule has 1 aliphatic rings. The Labute approximate surface area is 142 Å². The number of hydrogen-bond donors (Lipinski definition) is 2. The first kappa shape index (κ1) is 16.0. The Morgan fingerprint density at radius 3 is 2.88 bits per heavy atom. The average molecular weight is 322 g/mol. The molecule has 2 N–H and O–H groups in total. The monoisotopic (exact) mass is 322 g/mol. The van der Waals surface area contributed by atoms with Crippen molar-refractivity contribution in [3.63, 3.8) is 0 Å². The summed E-state index contributed by atoms with van der Waals surface area (Å²) in [5.74, 6) is 1.51. The van der Waals surface area contributed by atoms with Crippen LogP contribution in [0.2, 0.25) is 0 Å². The van der Waals surface area contributed by atoms with E-state index in [1.807, 2.05) is 30.3 Å². The molecular formula is C18H22N6. The van der Waals surface area contributed by atoms with Gasteiger partial charge in [0.25, 0.3) is 0 Å². The van der Waals surface area contributed by atoms with Crippen molar-refractivity contribution in [2.45, 2.75) is 26.2 Å². The van der Waals surface area contributed by atoms with Crippen molar-refractivity contribution in [3.05, 3.63) is 54.5 Å². The molecule has 1 aliphatic heterocycles. The third-order valence-electron chi connectivity index (χ3n) is 3.84. The summed E-state index contributed by atoms with van der Waals surface area (Å²) in [6.45, 7) is 7.06. The summed E-state index contributed by atoms with van der Waals surface area (Å²) >= 11 is 0. The van der Waals surface area contributed by atoms with Gasteiger partial charge in [-0.05, 0) is 12.0 Å². The van der Waals surface area contributed by atoms with Crippen molar-refractivity contribution in [1.29, 1.82) is 0 Å². The van der Waals surface area contributed by atoms with E-state index in [0.29, 0.717) is 5.96 Å². The topological polar surface area (TPSA) is 68.7 Å². The number of aromatic nitrogens is 2. The standard InChI is InChI=1S/C18H22N6/c1-3-4-8-11-24-17-16(19-13-20-17)14(2)22-18(24)23-21-12-15-9-6-5-7-10-15/h5-7,9-10,12-13H,2-4,8,11H2,1H3,(H,19,20)(H,22,23)/b21-12+. The molecule has 6 heteroatoms. The highest BCUT2D eigenvalue weighted by atomic mass is 15.4. The van der Waals surface area contributed by atoms with Gasteiger partial charge in [-0.1, -0.05) is 56.7 Å². The molecule has 6 nitrogen and oxygen atoms in total. The summed E-state index contributed by atoms with van der Waals surface area (Å²) in [6, 6.07) is 9.90. The number of nitrogens with one attached hydrogen (secondary N) is 2. The number of aromatic amines is 1. The Bertz CT molecular complexity index is 744. The molecule has 3 rings (SSSR count). The van der Waals surface area contributed by atoms with Crippen LogP contribution in [0, 0.1) is 0 Å². The van der Waals surface area contributed by atoms with Gasteiger partial charge in [0, 0.05) is 6.54 Å². The van der Waals surface area contributed by atoms with E-state index in [1.54, 1.807) is 12.5 Å². The van der Waals surface area contributed by atoms with Crippen molar-refractivity contribution in [2.24, 2.45) is 10.2 Å². The molecular weight excluding hydrogens is 300 g/mol. The summed E-state index contributed by atoms with van der Waals surface area (Å²) in [7, 11) is 0. The first-order chi connectivity index (χ1) is 11.8. The number of nitrogens with zero attached hydrogens (tertiary/aromatic N) is 4. The Hall–Kier alpha value is -2.89. The summed E-state index contributed by atoms with van der Waals surface area (Å²) < 4.78 is 0. The second kappa shape index (κ2) is 7.59. The lowest BCUT2D eigenvalue weighted by molar-refractivity contribution is 0.713. The molecule has 1 aromatic carbocycles. The van der Waals surface area contributed by atoms with E-state index in [4.69, 9.17) is 0 Å². The summed E-state index contributed by atoms with van der Waals surface area (Å²) in [5.41, 5.74) is 2.66. The molecule has 24 heavy (non-hydrogen) atoms. The molecule has 1 aromatic heterocycles. The largest absolute Gasteiger partial charge is 0.342 e. The molecule has 0 aliphatic carbocycles. The van der Waals surface area contributed by atoms with Gasteiger partial charge in [-0.3, -0.25) is 4.90 Å². The number of guanidine groups is 1. The van der Waals surface area contributed by atoms with Gasteiger partial charge in [0.15, 0.2) is 5.82 Å². The number of H-pyrrole nitrogens is 1. The molecule has 0 atom stereocenters. The molecule has 0 saturated heterocycles. The predicted molar refractivity (Wildman–Crippen MR) is 99.1 cm³/mol. The number of hydrogen-bond acceptors (Lipinski definition) is 3. The summed E-state index contributed by atoms with van der Waals surface area (Å²) in [4.78, 5) is 9.60. The lowest BCUT2D eigenvalue weighted by atomic mass is 10.2. The molecule has 2 heterocycles. The maximum atomic E-state index is 4.42. The van der Waals surface area contributed by atoms with Crippen LogP contribution in [0.3, 0.4) is 0 Å². The number of unbranched alkanes of at least 4 members (excludes halogenated alkanes) is 2. The van der Waals surface area contributed by atoms with E-state index < -0.39 is 0 Å². The van der Waals surface area contributed by atoms with Crippen LogP contribution < -0.4 is 10.2 Å². The van der Waals surface area contributed by atoms with Crippen molar-refractivity contribution >= 4 is 23.7 Å². The van der Waals surface area contributed by atoms with Gasteiger partial charge in [0.2, 0.25) is 5.96 Å². The quantitative estimate of drug-likeness (QED) is 0.487. The van der Waals surface area contributed by atoms with E-state index in [0.717, 1.165) is 42.2 Å². The number of imidazole rings is 1. The van der Waals surface area contributed by atoms with Crippen LogP contribution in [0.1, 0.15) is 37.4 Å². The highest BCUT2D eigenvalue weighted by Crippen LogP contribution is 2.26. The van der Waals surface area contributed by atoms with Crippen molar-refractivity contribution in [2.75, 3.05) is 11.4 Å². The first-order valence-electron chi connectivity index (χ1n) is 8.23. The molecule has 124 valence electrons. The third-order valence-corrected chi connectivity index (χ3v) is 3.84. The van der Waals surface area contributed by atoms with Crippen LogP contribution in [0.5, 0.6) is 0 Å². The Kier molecular flexibility index (Phi) is 5.05. The van der Waals surface area contributed by atoms with Gasteiger partial charge in [-0.15, -0.1) is 5.10 Å². The lowest BCUT2D eigenvalue weighted by Crippen LogP contribution is -2.45. The highest BCUT2D eigenvalue weighted by Gasteiger charge is 2.26. The van der Waals surface area contributed by atoms with Gasteiger partial charge in [0.05, 0.1) is 18.2 Å². The summed E-state index contributed by atoms with van der Waals surface area (Å²) in [6.07, 6.45) is 6.82. The number of rotatable bonds is 6. The minimum absolute atomic E-state index is 0.655. The summed E-state index contributed by atoms with van der Waals surface area (Å²) in [5, 5.41) is 11.8. The minimum Gasteiger partial charge on any atom is -0.342 e. The van der Waals surface area contributed by atoms with Gasteiger partial charge in [-0.25, -0.2) is 4.98 Å². The van der Waals surface area contributed by atoms with Crippen LogP contribution in [0.4, 0.5) is 5.82 Å². The Morgan fingerprint density at radius 1 is 1.25 bits per heavy atom. The minimum atomic E-state index is 0.655. The molecule has 2 aromatic rings. The van der Waals surface area contributed by atoms with Crippen molar-refractivity contribution in [3.8, 4) is 0 Å². The third kappa shape index (κ3) is 3.53. The van der Waals surface area contributed by atoms with E-state index in [2.05, 4.69) is 43.9 Å². The van der Waals surface area contributed by atoms with Crippen LogP contribution in [0.15, 0.2) is 53.4 Å². The molecule has 0 bridgehead atoms. The maximum Gasteiger partial charge on any atom is 0.229 e. The van der Waals surface area contributed by atoms with Gasteiger partial charge < -0.3 is 10.3 Å². The van der Waals surface area contributed by atoms with Gasteiger partial charge in [-0.2, -0.15) is 5.10 Å². The zero-order valence-corrected chi connectivity index (χ0v) is 13.9. The van der Waals surface area contributed by atoms with Gasteiger partial charge in [0.1, 0.15) is 5.69 Å². The Morgan fingerprint density at radius 2 is 2.08 bits per heavy atom. The van der Waals surface area contributed by atoms with Crippen molar-refractivity contribution in [1.82, 2.24) is 15.3 Å². The fraction of sp³-hybridized carbons (Fsp3) is 0.278. The maximum absolute atomic E-state index is 4.42. The van der Waals surface area contributed by atoms with Crippen LogP contribution in [-0.2, 0) is 0 Å². The van der Waals surface area contributed by atoms with Crippen LogP contribution >= 0.6 is 0 Å². The lowest BCUT2D eigenvalue weighted by Gasteiger charge is -2.30. The molecule has 0 unspecified atom stereocenters. The van der Waals surface area contributed by atoms with Crippen molar-refractivity contribution < 1.29 is 0 Å². The molecule has 0 spiro atoms. The van der Waals surface area contributed by atoms with E-state index >= 15 is 0 Å². The first-order valence-corrected chi connectivity index (χ1v) is 8.23. The van der Waals surface area contributed by atoms with Crippen LogP contribution in [-0.4, -0.2) is 28.7 Å². The zero-order valence-electron chi connectivity index (χ0n) is 13.9. The molecule has 0 saturated carbocycles. The normalized spacial score (nSPS) is 15.8. The SMILES string of the molecule is C=C1N/C(=N\N=C\c2ccccc2)N(CCCCC)c2nc[nH]c21. The fourth-order valence-electron chi connectivity index (χ4n) is 2.58. The van der Waals surface area contributed by atoms with E-state index in [1.165, 1.54) is 6.42 Å². The smallest absolute Gasteiger partial charge is 0.229 e. The molecule has 0 amide bonds. The van der Waals surface area contributed by atoms with Crippen LogP contribution in [0.25, 0.3) is 5.70 Å². The number of fused-ring (bicyclic) bond motifs is 1.